The van der Waals surface area contributed by atoms with Gasteiger partial charge in [0.05, 0.1) is 11.7 Å². The third-order valence-corrected chi connectivity index (χ3v) is 5.65. The fourth-order valence-electron chi connectivity index (χ4n) is 4.21. The van der Waals surface area contributed by atoms with Gasteiger partial charge >= 0.3 is 0 Å². The van der Waals surface area contributed by atoms with Gasteiger partial charge in [-0.1, -0.05) is 6.92 Å². The van der Waals surface area contributed by atoms with Crippen molar-refractivity contribution in [3.05, 3.63) is 0 Å². The quantitative estimate of drug-likeness (QED) is 0.777. The van der Waals surface area contributed by atoms with Gasteiger partial charge in [-0.15, -0.1) is 0 Å². The van der Waals surface area contributed by atoms with Crippen molar-refractivity contribution in [3.8, 4) is 0 Å². The topological polar surface area (TPSA) is 30.5 Å². The van der Waals surface area contributed by atoms with Crippen LogP contribution in [-0.2, 0) is 9.47 Å². The van der Waals surface area contributed by atoms with E-state index in [-0.39, 0.29) is 5.60 Å². The van der Waals surface area contributed by atoms with Gasteiger partial charge in [-0.25, -0.2) is 0 Å². The minimum absolute atomic E-state index is 0.247. The van der Waals surface area contributed by atoms with E-state index in [2.05, 4.69) is 12.2 Å². The van der Waals surface area contributed by atoms with Crippen LogP contribution in [0.4, 0.5) is 0 Å². The summed E-state index contributed by atoms with van der Waals surface area (Å²) in [6.45, 7) is 4.32. The Kier molecular flexibility index (Phi) is 4.68. The van der Waals surface area contributed by atoms with E-state index in [1.54, 1.807) is 0 Å². The molecule has 0 aromatic rings. The molecule has 1 heterocycles. The molecule has 0 bridgehead atoms. The summed E-state index contributed by atoms with van der Waals surface area (Å²) in [6.07, 6.45) is 10.7. The molecule has 0 aromatic heterocycles. The van der Waals surface area contributed by atoms with Crippen LogP contribution in [0, 0.1) is 11.8 Å². The molecule has 20 heavy (non-hydrogen) atoms. The molecule has 1 spiro atoms. The highest BCUT2D eigenvalue weighted by Gasteiger charge is 2.47. The zero-order valence-corrected chi connectivity index (χ0v) is 13.2. The molecular weight excluding hydrogens is 250 g/mol. The summed E-state index contributed by atoms with van der Waals surface area (Å²) in [4.78, 5) is 0. The van der Waals surface area contributed by atoms with E-state index in [4.69, 9.17) is 9.47 Å². The summed E-state index contributed by atoms with van der Waals surface area (Å²) in [7, 11) is 1.90. The van der Waals surface area contributed by atoms with E-state index in [1.165, 1.54) is 51.4 Å². The van der Waals surface area contributed by atoms with Crippen LogP contribution in [0.5, 0.6) is 0 Å². The maximum atomic E-state index is 6.11. The molecule has 0 radical (unpaired) electrons. The number of hydrogen-bond donors (Lipinski definition) is 1. The van der Waals surface area contributed by atoms with Crippen molar-refractivity contribution >= 4 is 0 Å². The monoisotopic (exact) mass is 281 g/mol. The van der Waals surface area contributed by atoms with E-state index < -0.39 is 0 Å². The highest BCUT2D eigenvalue weighted by atomic mass is 16.5. The minimum Gasteiger partial charge on any atom is -0.380 e. The summed E-state index contributed by atoms with van der Waals surface area (Å²) in [5.41, 5.74) is 0.247. The number of rotatable bonds is 7. The summed E-state index contributed by atoms with van der Waals surface area (Å²) >= 11 is 0. The van der Waals surface area contributed by atoms with Gasteiger partial charge in [0.2, 0.25) is 0 Å². The number of nitrogens with one attached hydrogen (secondary N) is 1. The normalized spacial score (nSPS) is 31.8. The SMILES string of the molecule is CCCNC(C1CCOC2(CCC2)C1)C(OC)C1CC1. The Morgan fingerprint density at radius 2 is 2.05 bits per heavy atom. The molecular formula is C17H31NO2. The average molecular weight is 281 g/mol. The third kappa shape index (κ3) is 3.05. The van der Waals surface area contributed by atoms with Crippen molar-refractivity contribution in [2.45, 2.75) is 76.0 Å². The standard InChI is InChI=1S/C17H31NO2/c1-3-10-18-15(16(19-2)13-5-6-13)14-7-11-20-17(12-14)8-4-9-17/h13-16,18H,3-12H2,1-2H3. The summed E-state index contributed by atoms with van der Waals surface area (Å²) in [5, 5.41) is 3.82. The predicted octanol–water partition coefficient (Wildman–Crippen LogP) is 3.13. The number of methoxy groups -OCH3 is 1. The first-order valence-electron chi connectivity index (χ1n) is 8.68. The van der Waals surface area contributed by atoms with Crippen LogP contribution in [-0.4, -0.2) is 38.0 Å². The van der Waals surface area contributed by atoms with Crippen LogP contribution in [0.15, 0.2) is 0 Å². The Bertz CT molecular complexity index is 312. The van der Waals surface area contributed by atoms with Gasteiger partial charge in [0.15, 0.2) is 0 Å². The van der Waals surface area contributed by atoms with Crippen molar-refractivity contribution in [2.24, 2.45) is 11.8 Å². The van der Waals surface area contributed by atoms with E-state index in [1.807, 2.05) is 7.11 Å². The first-order valence-corrected chi connectivity index (χ1v) is 8.68. The van der Waals surface area contributed by atoms with E-state index in [0.717, 1.165) is 25.0 Å². The van der Waals surface area contributed by atoms with Crippen molar-refractivity contribution in [3.63, 3.8) is 0 Å². The Balaban J connectivity index is 1.66. The molecule has 116 valence electrons. The lowest BCUT2D eigenvalue weighted by Gasteiger charge is -2.49. The molecule has 1 aliphatic heterocycles. The van der Waals surface area contributed by atoms with Crippen molar-refractivity contribution in [1.82, 2.24) is 5.32 Å². The second-order valence-corrected chi connectivity index (χ2v) is 7.16. The lowest BCUT2D eigenvalue weighted by molar-refractivity contribution is -0.152. The molecule has 3 fully saturated rings. The van der Waals surface area contributed by atoms with Crippen LogP contribution in [0.1, 0.15) is 58.3 Å². The van der Waals surface area contributed by atoms with Crippen LogP contribution in [0.2, 0.25) is 0 Å². The number of hydrogen-bond acceptors (Lipinski definition) is 3. The van der Waals surface area contributed by atoms with Crippen LogP contribution >= 0.6 is 0 Å². The second-order valence-electron chi connectivity index (χ2n) is 7.16. The van der Waals surface area contributed by atoms with Gasteiger partial charge in [0.1, 0.15) is 0 Å². The molecule has 1 saturated heterocycles. The minimum atomic E-state index is 0.247. The van der Waals surface area contributed by atoms with E-state index in [9.17, 15) is 0 Å². The highest BCUT2D eigenvalue weighted by molar-refractivity contribution is 5.00. The maximum absolute atomic E-state index is 6.11. The summed E-state index contributed by atoms with van der Waals surface area (Å²) < 4.78 is 12.0. The molecule has 3 nitrogen and oxygen atoms in total. The van der Waals surface area contributed by atoms with Crippen LogP contribution in [0.3, 0.4) is 0 Å². The zero-order valence-electron chi connectivity index (χ0n) is 13.2. The molecule has 0 aromatic carbocycles. The molecule has 3 rings (SSSR count). The van der Waals surface area contributed by atoms with Gasteiger partial charge in [-0.3, -0.25) is 0 Å². The second kappa shape index (κ2) is 6.33. The first kappa shape index (κ1) is 14.8. The Hall–Kier alpha value is -0.120. The van der Waals surface area contributed by atoms with Gasteiger partial charge in [0, 0.05) is 19.8 Å². The molecule has 3 unspecified atom stereocenters. The Morgan fingerprint density at radius 3 is 2.60 bits per heavy atom. The van der Waals surface area contributed by atoms with Crippen molar-refractivity contribution in [2.75, 3.05) is 20.3 Å². The zero-order chi connectivity index (χ0) is 14.0. The van der Waals surface area contributed by atoms with Crippen molar-refractivity contribution < 1.29 is 9.47 Å². The van der Waals surface area contributed by atoms with E-state index >= 15 is 0 Å². The Morgan fingerprint density at radius 1 is 1.25 bits per heavy atom. The van der Waals surface area contributed by atoms with Crippen LogP contribution in [0.25, 0.3) is 0 Å². The van der Waals surface area contributed by atoms with Gasteiger partial charge < -0.3 is 14.8 Å². The molecule has 3 atom stereocenters. The predicted molar refractivity (Wildman–Crippen MR) is 80.9 cm³/mol. The molecule has 1 N–H and O–H groups in total. The molecule has 0 amide bonds. The first-order chi connectivity index (χ1) is 9.78. The van der Waals surface area contributed by atoms with Crippen LogP contribution < -0.4 is 5.32 Å². The lowest BCUT2D eigenvalue weighted by Crippen LogP contribution is -2.54. The fraction of sp³-hybridized carbons (Fsp3) is 1.00. The highest BCUT2D eigenvalue weighted by Crippen LogP contribution is 2.47. The van der Waals surface area contributed by atoms with Crippen molar-refractivity contribution in [1.29, 1.82) is 0 Å². The molecule has 3 heteroatoms. The number of ether oxygens (including phenoxy) is 2. The van der Waals surface area contributed by atoms with Gasteiger partial charge in [-0.2, -0.15) is 0 Å². The largest absolute Gasteiger partial charge is 0.380 e. The van der Waals surface area contributed by atoms with E-state index in [0.29, 0.717) is 12.1 Å². The Labute approximate surface area is 123 Å². The summed E-state index contributed by atoms with van der Waals surface area (Å²) in [5.74, 6) is 1.54. The maximum Gasteiger partial charge on any atom is 0.0755 e. The molecule has 3 aliphatic rings. The summed E-state index contributed by atoms with van der Waals surface area (Å²) in [6, 6.07) is 0.536. The lowest BCUT2D eigenvalue weighted by atomic mass is 9.69. The van der Waals surface area contributed by atoms with Gasteiger partial charge in [-0.05, 0) is 69.7 Å². The fourth-order valence-corrected chi connectivity index (χ4v) is 4.21. The molecule has 2 aliphatic carbocycles. The molecule has 2 saturated carbocycles. The third-order valence-electron chi connectivity index (χ3n) is 5.65. The van der Waals surface area contributed by atoms with Gasteiger partial charge in [0.25, 0.3) is 0 Å². The smallest absolute Gasteiger partial charge is 0.0755 e. The average Bonchev–Trinajstić information content (AvgIpc) is 3.26.